The van der Waals surface area contributed by atoms with Crippen molar-refractivity contribution in [2.75, 3.05) is 18.2 Å². The van der Waals surface area contributed by atoms with Crippen LogP contribution in [0.4, 0.5) is 11.4 Å². The monoisotopic (exact) mass is 413 g/mol. The largest absolute Gasteiger partial charge is 0.495 e. The molecular weight excluding hydrogens is 394 g/mol. The van der Waals surface area contributed by atoms with Crippen molar-refractivity contribution < 1.29 is 14.5 Å². The molecule has 29 heavy (non-hydrogen) atoms. The fourth-order valence-electron chi connectivity index (χ4n) is 2.73. The third kappa shape index (κ3) is 4.37. The molecule has 1 aromatic heterocycles. The summed E-state index contributed by atoms with van der Waals surface area (Å²) in [5.74, 6) is 0.282. The number of hydrogen-bond acceptors (Lipinski definition) is 7. The number of benzene rings is 2. The third-order valence-corrected chi connectivity index (χ3v) is 5.31. The van der Waals surface area contributed by atoms with Crippen LogP contribution in [0.2, 0.25) is 0 Å². The van der Waals surface area contributed by atoms with E-state index in [1.165, 1.54) is 24.2 Å². The molecule has 0 aliphatic rings. The van der Waals surface area contributed by atoms with Gasteiger partial charge in [0.1, 0.15) is 17.8 Å². The number of aromatic nitrogens is 3. The maximum Gasteiger partial charge on any atom is 0.293 e. The summed E-state index contributed by atoms with van der Waals surface area (Å²) in [7, 11) is 1.57. The number of rotatable bonds is 7. The number of carbonyl (C=O) groups is 1. The van der Waals surface area contributed by atoms with E-state index < -0.39 is 4.92 Å². The molecule has 0 saturated carbocycles. The van der Waals surface area contributed by atoms with Crippen LogP contribution in [0.5, 0.6) is 5.75 Å². The number of ether oxygens (including phenoxy) is 1. The van der Waals surface area contributed by atoms with Crippen molar-refractivity contribution in [2.24, 2.45) is 0 Å². The van der Waals surface area contributed by atoms with E-state index >= 15 is 0 Å². The highest BCUT2D eigenvalue weighted by Gasteiger charge is 2.20. The Morgan fingerprint density at radius 2 is 2.03 bits per heavy atom. The Balaban J connectivity index is 1.76. The smallest absolute Gasteiger partial charge is 0.293 e. The highest BCUT2D eigenvalue weighted by molar-refractivity contribution is 7.99. The predicted molar refractivity (Wildman–Crippen MR) is 110 cm³/mol. The Kier molecular flexibility index (Phi) is 6.13. The molecule has 0 bridgehead atoms. The summed E-state index contributed by atoms with van der Waals surface area (Å²) >= 11 is 1.17. The van der Waals surface area contributed by atoms with Crippen LogP contribution in [0.1, 0.15) is 11.1 Å². The standard InChI is InChI=1S/C19H19N5O4S/c1-12-8-9-15(24(26)27)18(13(12)2)21-17(25)10-29-19-22-20-11-23(19)14-6-4-5-7-16(14)28-3/h4-9,11H,10H2,1-3H3,(H,21,25). The summed E-state index contributed by atoms with van der Waals surface area (Å²) < 4.78 is 7.08. The van der Waals surface area contributed by atoms with Gasteiger partial charge in [-0.15, -0.1) is 10.2 Å². The van der Waals surface area contributed by atoms with Gasteiger partial charge >= 0.3 is 0 Å². The minimum absolute atomic E-state index is 0.0123. The lowest BCUT2D eigenvalue weighted by Gasteiger charge is -2.12. The number of aryl methyl sites for hydroxylation is 1. The fourth-order valence-corrected chi connectivity index (χ4v) is 3.46. The minimum atomic E-state index is -0.506. The molecule has 9 nitrogen and oxygen atoms in total. The van der Waals surface area contributed by atoms with Gasteiger partial charge in [-0.3, -0.25) is 19.5 Å². The quantitative estimate of drug-likeness (QED) is 0.358. The molecule has 3 rings (SSSR count). The summed E-state index contributed by atoms with van der Waals surface area (Å²) in [4.78, 5) is 23.3. The lowest BCUT2D eigenvalue weighted by atomic mass is 10.1. The number of nitro groups is 1. The lowest BCUT2D eigenvalue weighted by Crippen LogP contribution is -2.17. The maximum atomic E-state index is 12.5. The van der Waals surface area contributed by atoms with E-state index in [0.29, 0.717) is 16.5 Å². The van der Waals surface area contributed by atoms with Gasteiger partial charge in [-0.05, 0) is 37.1 Å². The van der Waals surface area contributed by atoms with E-state index in [2.05, 4.69) is 15.5 Å². The zero-order chi connectivity index (χ0) is 21.0. The van der Waals surface area contributed by atoms with E-state index in [0.717, 1.165) is 11.3 Å². The molecule has 0 atom stereocenters. The Labute approximate surface area is 171 Å². The molecular formula is C19H19N5O4S. The first kappa shape index (κ1) is 20.3. The van der Waals surface area contributed by atoms with Crippen molar-refractivity contribution in [3.05, 3.63) is 64.0 Å². The number of thioether (sulfide) groups is 1. The molecule has 1 amide bonds. The molecule has 1 heterocycles. The number of methoxy groups -OCH3 is 1. The number of carbonyl (C=O) groups excluding carboxylic acids is 1. The number of nitrogens with zero attached hydrogens (tertiary/aromatic N) is 4. The fraction of sp³-hybridized carbons (Fsp3) is 0.211. The number of para-hydroxylation sites is 2. The molecule has 2 aromatic carbocycles. The van der Waals surface area contributed by atoms with Gasteiger partial charge in [0.2, 0.25) is 5.91 Å². The summed E-state index contributed by atoms with van der Waals surface area (Å²) in [6.45, 7) is 3.57. The van der Waals surface area contributed by atoms with Crippen LogP contribution in [0.3, 0.4) is 0 Å². The molecule has 150 valence electrons. The second-order valence-electron chi connectivity index (χ2n) is 6.15. The van der Waals surface area contributed by atoms with Crippen molar-refractivity contribution in [1.29, 1.82) is 0 Å². The van der Waals surface area contributed by atoms with Gasteiger partial charge in [-0.2, -0.15) is 0 Å². The van der Waals surface area contributed by atoms with Gasteiger partial charge in [-0.25, -0.2) is 0 Å². The van der Waals surface area contributed by atoms with Crippen LogP contribution in [-0.4, -0.2) is 38.5 Å². The van der Waals surface area contributed by atoms with Crippen LogP contribution in [0, 0.1) is 24.0 Å². The van der Waals surface area contributed by atoms with Crippen LogP contribution in [0.25, 0.3) is 5.69 Å². The lowest BCUT2D eigenvalue weighted by molar-refractivity contribution is -0.384. The summed E-state index contributed by atoms with van der Waals surface area (Å²) in [5, 5.41) is 22.4. The Bertz CT molecular complexity index is 1070. The molecule has 0 radical (unpaired) electrons. The number of nitrogens with one attached hydrogen (secondary N) is 1. The van der Waals surface area contributed by atoms with Crippen LogP contribution in [0.15, 0.2) is 47.9 Å². The van der Waals surface area contributed by atoms with Crippen molar-refractivity contribution >= 4 is 29.0 Å². The molecule has 0 fully saturated rings. The van der Waals surface area contributed by atoms with Crippen LogP contribution in [-0.2, 0) is 4.79 Å². The summed E-state index contributed by atoms with van der Waals surface area (Å²) in [6.07, 6.45) is 1.54. The normalized spacial score (nSPS) is 10.6. The zero-order valence-electron chi connectivity index (χ0n) is 16.1. The predicted octanol–water partition coefficient (Wildman–Crippen LogP) is 3.53. The summed E-state index contributed by atoms with van der Waals surface area (Å²) in [6, 6.07) is 10.4. The second kappa shape index (κ2) is 8.74. The SMILES string of the molecule is COc1ccccc1-n1cnnc1SCC(=O)Nc1c([N+](=O)[O-])ccc(C)c1C. The topological polar surface area (TPSA) is 112 Å². The Morgan fingerprint density at radius 3 is 2.76 bits per heavy atom. The van der Waals surface area contributed by atoms with Crippen molar-refractivity contribution in [3.8, 4) is 11.4 Å². The van der Waals surface area contributed by atoms with E-state index in [9.17, 15) is 14.9 Å². The van der Waals surface area contributed by atoms with Crippen LogP contribution >= 0.6 is 11.8 Å². The molecule has 0 saturated heterocycles. The van der Waals surface area contributed by atoms with Gasteiger partial charge in [0.25, 0.3) is 5.69 Å². The first-order chi connectivity index (χ1) is 13.9. The first-order valence-corrected chi connectivity index (χ1v) is 9.61. The van der Waals surface area contributed by atoms with E-state index in [1.807, 2.05) is 31.2 Å². The molecule has 0 spiro atoms. The molecule has 0 unspecified atom stereocenters. The third-order valence-electron chi connectivity index (χ3n) is 4.37. The average molecular weight is 413 g/mol. The second-order valence-corrected chi connectivity index (χ2v) is 7.09. The highest BCUT2D eigenvalue weighted by Crippen LogP contribution is 2.31. The molecule has 3 aromatic rings. The van der Waals surface area contributed by atoms with E-state index in [1.54, 1.807) is 24.7 Å². The zero-order valence-corrected chi connectivity index (χ0v) is 16.9. The van der Waals surface area contributed by atoms with Gasteiger partial charge in [-0.1, -0.05) is 30.0 Å². The minimum Gasteiger partial charge on any atom is -0.495 e. The van der Waals surface area contributed by atoms with Crippen LogP contribution < -0.4 is 10.1 Å². The van der Waals surface area contributed by atoms with Crippen molar-refractivity contribution in [2.45, 2.75) is 19.0 Å². The highest BCUT2D eigenvalue weighted by atomic mass is 32.2. The maximum absolute atomic E-state index is 12.5. The number of anilines is 1. The van der Waals surface area contributed by atoms with E-state index in [-0.39, 0.29) is 23.0 Å². The van der Waals surface area contributed by atoms with Gasteiger partial charge in [0.15, 0.2) is 5.16 Å². The van der Waals surface area contributed by atoms with Gasteiger partial charge in [0.05, 0.1) is 23.5 Å². The number of amides is 1. The van der Waals surface area contributed by atoms with Crippen molar-refractivity contribution in [3.63, 3.8) is 0 Å². The molecule has 1 N–H and O–H groups in total. The Hall–Kier alpha value is -3.40. The molecule has 0 aliphatic heterocycles. The van der Waals surface area contributed by atoms with Gasteiger partial charge < -0.3 is 10.1 Å². The molecule has 10 heteroatoms. The van der Waals surface area contributed by atoms with Crippen molar-refractivity contribution in [1.82, 2.24) is 14.8 Å². The average Bonchev–Trinajstić information content (AvgIpc) is 3.18. The molecule has 0 aliphatic carbocycles. The van der Waals surface area contributed by atoms with E-state index in [4.69, 9.17) is 4.74 Å². The number of nitro benzene ring substituents is 1. The first-order valence-electron chi connectivity index (χ1n) is 8.63. The van der Waals surface area contributed by atoms with Gasteiger partial charge in [0, 0.05) is 6.07 Å². The number of hydrogen-bond donors (Lipinski definition) is 1. The summed E-state index contributed by atoms with van der Waals surface area (Å²) in [5.41, 5.74) is 2.34. The Morgan fingerprint density at radius 1 is 1.28 bits per heavy atom.